The molecule has 2 N–H and O–H groups in total. The number of hydrogen-bond donors (Lipinski definition) is 2. The Kier molecular flexibility index (Phi) is 2.96. The molecule has 1 radical (unpaired) electrons. The summed E-state index contributed by atoms with van der Waals surface area (Å²) in [4.78, 5) is 17.5. The van der Waals surface area contributed by atoms with Gasteiger partial charge in [-0.3, -0.25) is 4.57 Å². The fourth-order valence-corrected chi connectivity index (χ4v) is 1.40. The second kappa shape index (κ2) is 3.66. The largest absolute Gasteiger partial charge is 0.452 e. The van der Waals surface area contributed by atoms with Crippen molar-refractivity contribution in [1.82, 2.24) is 0 Å². The van der Waals surface area contributed by atoms with E-state index in [1.807, 2.05) is 13.8 Å². The van der Waals surface area contributed by atoms with Crippen molar-refractivity contribution in [2.75, 3.05) is 0 Å². The summed E-state index contributed by atoms with van der Waals surface area (Å²) in [5.41, 5.74) is -0.303. The minimum Gasteiger partial charge on any atom is -0.452 e. The Morgan fingerprint density at radius 1 is 1.62 bits per heavy atom. The molecule has 0 aliphatic carbocycles. The van der Waals surface area contributed by atoms with Crippen molar-refractivity contribution < 1.29 is 18.8 Å². The van der Waals surface area contributed by atoms with Crippen LogP contribution in [0.3, 0.4) is 0 Å². The van der Waals surface area contributed by atoms with Crippen LogP contribution in [0.25, 0.3) is 0 Å². The van der Waals surface area contributed by atoms with E-state index in [1.54, 1.807) is 0 Å². The lowest BCUT2D eigenvalue weighted by atomic mass is 10.1. The third-order valence-corrected chi connectivity index (χ3v) is 2.26. The zero-order chi connectivity index (χ0) is 10.1. The summed E-state index contributed by atoms with van der Waals surface area (Å²) < 4.78 is 15.7. The van der Waals surface area contributed by atoms with Gasteiger partial charge in [-0.2, -0.15) is 0 Å². The molecule has 0 unspecified atom stereocenters. The van der Waals surface area contributed by atoms with Gasteiger partial charge in [0.2, 0.25) is 5.50 Å². The number of furan rings is 1. The molecule has 0 spiro atoms. The minimum atomic E-state index is -4.24. The van der Waals surface area contributed by atoms with E-state index in [9.17, 15) is 4.57 Å². The highest BCUT2D eigenvalue weighted by atomic mass is 31.2. The van der Waals surface area contributed by atoms with Crippen LogP contribution in [-0.2, 0) is 11.0 Å². The Morgan fingerprint density at radius 3 is 2.62 bits per heavy atom. The Bertz CT molecular complexity index is 323. The molecule has 0 atom stereocenters. The highest BCUT2D eigenvalue weighted by molar-refractivity contribution is 7.59. The van der Waals surface area contributed by atoms with Crippen molar-refractivity contribution in [3.05, 3.63) is 17.9 Å². The van der Waals surface area contributed by atoms with Gasteiger partial charge in [0.25, 0.3) is 0 Å². The van der Waals surface area contributed by atoms with E-state index in [4.69, 9.17) is 14.2 Å². The summed E-state index contributed by atoms with van der Waals surface area (Å²) in [5.74, 6) is 0.875. The molecule has 1 aromatic heterocycles. The van der Waals surface area contributed by atoms with E-state index in [0.29, 0.717) is 18.1 Å². The van der Waals surface area contributed by atoms with Crippen LogP contribution >= 0.6 is 7.60 Å². The average molecular weight is 203 g/mol. The maximum atomic E-state index is 10.7. The van der Waals surface area contributed by atoms with Gasteiger partial charge in [-0.25, -0.2) is 0 Å². The van der Waals surface area contributed by atoms with E-state index >= 15 is 0 Å². The first-order chi connectivity index (χ1) is 5.89. The molecule has 0 amide bonds. The number of hydrogen-bond acceptors (Lipinski definition) is 2. The first-order valence-electron chi connectivity index (χ1n) is 3.96. The summed E-state index contributed by atoms with van der Waals surface area (Å²) in [6.07, 6.45) is 0.639. The van der Waals surface area contributed by atoms with Crippen LogP contribution in [0.1, 0.15) is 19.6 Å². The Balaban J connectivity index is 2.81. The van der Waals surface area contributed by atoms with E-state index in [-0.39, 0.29) is 5.50 Å². The monoisotopic (exact) mass is 203 g/mol. The molecule has 0 saturated carbocycles. The molecule has 0 aliphatic rings. The molecule has 1 rings (SSSR count). The molecule has 0 saturated heterocycles. The highest BCUT2D eigenvalue weighted by Crippen LogP contribution is 2.33. The Labute approximate surface area is 76.7 Å². The van der Waals surface area contributed by atoms with Crippen LogP contribution in [0.5, 0.6) is 0 Å². The lowest BCUT2D eigenvalue weighted by Crippen LogP contribution is -1.99. The van der Waals surface area contributed by atoms with E-state index < -0.39 is 7.60 Å². The van der Waals surface area contributed by atoms with Gasteiger partial charge in [-0.1, -0.05) is 13.8 Å². The normalized spacial score (nSPS) is 12.4. The van der Waals surface area contributed by atoms with E-state index in [1.165, 1.54) is 6.07 Å². The molecule has 0 aromatic carbocycles. The summed E-state index contributed by atoms with van der Waals surface area (Å²) in [5, 5.41) is 0. The number of rotatable bonds is 3. The zero-order valence-corrected chi connectivity index (χ0v) is 8.41. The zero-order valence-electron chi connectivity index (χ0n) is 7.52. The van der Waals surface area contributed by atoms with Gasteiger partial charge in [0.15, 0.2) is 0 Å². The van der Waals surface area contributed by atoms with E-state index in [2.05, 4.69) is 6.07 Å². The smallest absolute Gasteiger partial charge is 0.391 e. The predicted octanol–water partition coefficient (Wildman–Crippen LogP) is 1.08. The molecule has 1 heterocycles. The molecule has 0 bridgehead atoms. The molecule has 0 aliphatic heterocycles. The van der Waals surface area contributed by atoms with Crippen LogP contribution in [0, 0.1) is 12.0 Å². The summed E-state index contributed by atoms with van der Waals surface area (Å²) >= 11 is 0. The Hall–Kier alpha value is -0.570. The quantitative estimate of drug-likeness (QED) is 0.721. The van der Waals surface area contributed by atoms with Gasteiger partial charge in [0.05, 0.1) is 0 Å². The fraction of sp³-hybridized carbons (Fsp3) is 0.500. The van der Waals surface area contributed by atoms with Crippen molar-refractivity contribution >= 4 is 13.1 Å². The standard InChI is InChI=1S/C8H12O4P/c1-6(2)5-7-3-4-8(12-7)13(9,10)11/h4,6H,5H2,1-2H3,(H2,9,10,11). The van der Waals surface area contributed by atoms with Crippen molar-refractivity contribution in [1.29, 1.82) is 0 Å². The van der Waals surface area contributed by atoms with Crippen molar-refractivity contribution in [2.24, 2.45) is 5.92 Å². The second-order valence-electron chi connectivity index (χ2n) is 3.29. The maximum Gasteiger partial charge on any atom is 0.391 e. The van der Waals surface area contributed by atoms with Crippen LogP contribution in [0.2, 0.25) is 0 Å². The third kappa shape index (κ3) is 2.99. The molecule has 1 aromatic rings. The van der Waals surface area contributed by atoms with E-state index in [0.717, 1.165) is 0 Å². The van der Waals surface area contributed by atoms with Gasteiger partial charge < -0.3 is 14.2 Å². The highest BCUT2D eigenvalue weighted by Gasteiger charge is 2.22. The van der Waals surface area contributed by atoms with Gasteiger partial charge in [0, 0.05) is 18.6 Å². The average Bonchev–Trinajstić information content (AvgIpc) is 2.32. The van der Waals surface area contributed by atoms with Crippen LogP contribution in [0.4, 0.5) is 0 Å². The van der Waals surface area contributed by atoms with Crippen LogP contribution in [-0.4, -0.2) is 9.79 Å². The van der Waals surface area contributed by atoms with Crippen molar-refractivity contribution in [2.45, 2.75) is 20.3 Å². The lowest BCUT2D eigenvalue weighted by Gasteiger charge is -2.00. The molecule has 0 fully saturated rings. The van der Waals surface area contributed by atoms with Crippen LogP contribution < -0.4 is 5.50 Å². The lowest BCUT2D eigenvalue weighted by molar-refractivity contribution is 0.372. The first kappa shape index (κ1) is 10.5. The van der Waals surface area contributed by atoms with Gasteiger partial charge in [-0.05, 0) is 5.92 Å². The topological polar surface area (TPSA) is 70.7 Å². The van der Waals surface area contributed by atoms with Crippen molar-refractivity contribution in [3.63, 3.8) is 0 Å². The molecule has 5 heteroatoms. The second-order valence-corrected chi connectivity index (χ2v) is 4.82. The molecule has 13 heavy (non-hydrogen) atoms. The fourth-order valence-electron chi connectivity index (χ4n) is 0.942. The third-order valence-electron chi connectivity index (χ3n) is 1.47. The van der Waals surface area contributed by atoms with Gasteiger partial charge in [0.1, 0.15) is 5.76 Å². The SMILES string of the molecule is CC(C)Cc1[c]cc(P(=O)(O)O)o1. The first-order valence-corrected chi connectivity index (χ1v) is 5.57. The summed E-state index contributed by atoms with van der Waals surface area (Å²) in [7, 11) is -4.24. The van der Waals surface area contributed by atoms with Gasteiger partial charge >= 0.3 is 7.60 Å². The molecule has 4 nitrogen and oxygen atoms in total. The van der Waals surface area contributed by atoms with Crippen molar-refractivity contribution in [3.8, 4) is 0 Å². The summed E-state index contributed by atoms with van der Waals surface area (Å²) in [6, 6.07) is 3.89. The van der Waals surface area contributed by atoms with Gasteiger partial charge in [-0.15, -0.1) is 0 Å². The molecular weight excluding hydrogens is 191 g/mol. The molecule has 73 valence electrons. The minimum absolute atomic E-state index is 0.303. The maximum absolute atomic E-state index is 10.7. The molecular formula is C8H12O4P. The predicted molar refractivity (Wildman–Crippen MR) is 47.8 cm³/mol. The summed E-state index contributed by atoms with van der Waals surface area (Å²) in [6.45, 7) is 3.99. The Morgan fingerprint density at radius 2 is 2.23 bits per heavy atom. The van der Waals surface area contributed by atoms with Crippen LogP contribution in [0.15, 0.2) is 10.5 Å².